The molecule has 0 aliphatic rings. The lowest BCUT2D eigenvalue weighted by molar-refractivity contribution is 0.558. The van der Waals surface area contributed by atoms with Crippen molar-refractivity contribution in [3.8, 4) is 0 Å². The van der Waals surface area contributed by atoms with E-state index in [1.54, 1.807) is 0 Å². The highest BCUT2D eigenvalue weighted by Crippen LogP contribution is 2.07. The van der Waals surface area contributed by atoms with Crippen molar-refractivity contribution in [1.29, 1.82) is 0 Å². The molecule has 0 unspecified atom stereocenters. The topological polar surface area (TPSA) is 47.7 Å². The first-order valence-electron chi connectivity index (χ1n) is 6.30. The van der Waals surface area contributed by atoms with Gasteiger partial charge in [-0.05, 0) is 19.1 Å². The van der Waals surface area contributed by atoms with Gasteiger partial charge in [-0.25, -0.2) is 0 Å². The average Bonchev–Trinajstić information content (AvgIpc) is 2.88. The maximum absolute atomic E-state index is 4.20. The van der Waals surface area contributed by atoms with Crippen LogP contribution in [0.1, 0.15) is 31.2 Å². The number of nitrogens with one attached hydrogen (secondary N) is 1. The third-order valence-corrected chi connectivity index (χ3v) is 3.11. The number of rotatable bonds is 5. The van der Waals surface area contributed by atoms with Crippen molar-refractivity contribution in [2.75, 3.05) is 0 Å². The average molecular weight is 247 g/mol. The number of aromatic nitrogens is 4. The standard InChI is InChI=1S/C13H21N5/c1-10(2)14-8-12-6-5-7-18(12)9-13-16-15-11(3)17(13)4/h5-7,10,14H,8-9H2,1-4H3. The molecule has 18 heavy (non-hydrogen) atoms. The van der Waals surface area contributed by atoms with Crippen LogP contribution in [-0.2, 0) is 20.1 Å². The minimum atomic E-state index is 0.491. The van der Waals surface area contributed by atoms with Crippen LogP contribution in [0.2, 0.25) is 0 Å². The summed E-state index contributed by atoms with van der Waals surface area (Å²) in [5.74, 6) is 1.92. The van der Waals surface area contributed by atoms with Gasteiger partial charge in [0.25, 0.3) is 0 Å². The van der Waals surface area contributed by atoms with Crippen LogP contribution in [0.3, 0.4) is 0 Å². The summed E-state index contributed by atoms with van der Waals surface area (Å²) in [7, 11) is 2.00. The van der Waals surface area contributed by atoms with Crippen molar-refractivity contribution in [2.24, 2.45) is 7.05 Å². The fourth-order valence-electron chi connectivity index (χ4n) is 1.81. The molecule has 0 saturated heterocycles. The van der Waals surface area contributed by atoms with Crippen LogP contribution in [0.4, 0.5) is 0 Å². The van der Waals surface area contributed by atoms with Gasteiger partial charge >= 0.3 is 0 Å². The third kappa shape index (κ3) is 2.79. The highest BCUT2D eigenvalue weighted by molar-refractivity contribution is 5.09. The minimum absolute atomic E-state index is 0.491. The van der Waals surface area contributed by atoms with Crippen LogP contribution in [0, 0.1) is 6.92 Å². The fraction of sp³-hybridized carbons (Fsp3) is 0.538. The quantitative estimate of drug-likeness (QED) is 0.870. The molecule has 0 atom stereocenters. The van der Waals surface area contributed by atoms with E-state index in [2.05, 4.69) is 52.3 Å². The summed E-state index contributed by atoms with van der Waals surface area (Å²) in [4.78, 5) is 0. The molecule has 0 aliphatic carbocycles. The number of hydrogen-bond acceptors (Lipinski definition) is 3. The Hall–Kier alpha value is -1.62. The second kappa shape index (κ2) is 5.35. The van der Waals surface area contributed by atoms with Gasteiger partial charge in [-0.1, -0.05) is 13.8 Å². The zero-order valence-electron chi connectivity index (χ0n) is 11.5. The molecule has 2 aromatic heterocycles. The van der Waals surface area contributed by atoms with E-state index in [-0.39, 0.29) is 0 Å². The van der Waals surface area contributed by atoms with Gasteiger partial charge in [0.15, 0.2) is 5.82 Å². The molecule has 98 valence electrons. The Morgan fingerprint density at radius 1 is 1.33 bits per heavy atom. The van der Waals surface area contributed by atoms with Gasteiger partial charge in [0, 0.05) is 31.5 Å². The monoisotopic (exact) mass is 247 g/mol. The summed E-state index contributed by atoms with van der Waals surface area (Å²) in [5.41, 5.74) is 1.27. The molecule has 0 bridgehead atoms. The van der Waals surface area contributed by atoms with Crippen molar-refractivity contribution in [3.05, 3.63) is 35.7 Å². The van der Waals surface area contributed by atoms with Gasteiger partial charge in [-0.3, -0.25) is 0 Å². The molecule has 0 aliphatic heterocycles. The van der Waals surface area contributed by atoms with Crippen LogP contribution < -0.4 is 5.32 Å². The van der Waals surface area contributed by atoms with Gasteiger partial charge in [0.2, 0.25) is 0 Å². The molecule has 2 aromatic rings. The molecule has 0 fully saturated rings. The maximum Gasteiger partial charge on any atom is 0.152 e. The van der Waals surface area contributed by atoms with Crippen LogP contribution in [0.25, 0.3) is 0 Å². The SMILES string of the molecule is Cc1nnc(Cn2cccc2CNC(C)C)n1C. The molecule has 0 radical (unpaired) electrons. The van der Waals surface area contributed by atoms with Crippen LogP contribution >= 0.6 is 0 Å². The van der Waals surface area contributed by atoms with Crippen molar-refractivity contribution in [2.45, 2.75) is 39.9 Å². The highest BCUT2D eigenvalue weighted by Gasteiger charge is 2.08. The van der Waals surface area contributed by atoms with Gasteiger partial charge < -0.3 is 14.5 Å². The van der Waals surface area contributed by atoms with Crippen LogP contribution in [0.15, 0.2) is 18.3 Å². The fourth-order valence-corrected chi connectivity index (χ4v) is 1.81. The molecular weight excluding hydrogens is 226 g/mol. The molecule has 0 aromatic carbocycles. The molecule has 5 nitrogen and oxygen atoms in total. The van der Waals surface area contributed by atoms with E-state index in [9.17, 15) is 0 Å². The van der Waals surface area contributed by atoms with Crippen molar-refractivity contribution < 1.29 is 0 Å². The molecule has 0 spiro atoms. The molecule has 0 saturated carbocycles. The predicted octanol–water partition coefficient (Wildman–Crippen LogP) is 1.47. The van der Waals surface area contributed by atoms with Crippen molar-refractivity contribution in [3.63, 3.8) is 0 Å². The normalized spacial score (nSPS) is 11.4. The van der Waals surface area contributed by atoms with E-state index in [0.29, 0.717) is 6.04 Å². The number of aryl methyl sites for hydroxylation is 1. The predicted molar refractivity (Wildman–Crippen MR) is 71.2 cm³/mol. The second-order valence-corrected chi connectivity index (χ2v) is 4.89. The molecule has 1 N–H and O–H groups in total. The van der Waals surface area contributed by atoms with E-state index in [1.807, 2.05) is 18.5 Å². The molecular formula is C13H21N5. The summed E-state index contributed by atoms with van der Waals surface area (Å²) >= 11 is 0. The Bertz CT molecular complexity index is 509. The van der Waals surface area contributed by atoms with Gasteiger partial charge in [-0.15, -0.1) is 10.2 Å². The summed E-state index contributed by atoms with van der Waals surface area (Å²) in [6.07, 6.45) is 2.08. The smallest absolute Gasteiger partial charge is 0.152 e. The van der Waals surface area contributed by atoms with E-state index in [1.165, 1.54) is 5.69 Å². The van der Waals surface area contributed by atoms with E-state index < -0.39 is 0 Å². The first kappa shape index (κ1) is 12.8. The first-order chi connectivity index (χ1) is 8.58. The van der Waals surface area contributed by atoms with Gasteiger partial charge in [0.05, 0.1) is 6.54 Å². The van der Waals surface area contributed by atoms with Crippen LogP contribution in [0.5, 0.6) is 0 Å². The maximum atomic E-state index is 4.20. The molecule has 5 heteroatoms. The second-order valence-electron chi connectivity index (χ2n) is 4.89. The molecule has 0 amide bonds. The largest absolute Gasteiger partial charge is 0.343 e. The van der Waals surface area contributed by atoms with E-state index in [0.717, 1.165) is 24.7 Å². The van der Waals surface area contributed by atoms with E-state index >= 15 is 0 Å². The lowest BCUT2D eigenvalue weighted by Gasteiger charge is -2.11. The lowest BCUT2D eigenvalue weighted by atomic mass is 10.3. The van der Waals surface area contributed by atoms with Crippen LogP contribution in [-0.4, -0.2) is 25.4 Å². The van der Waals surface area contributed by atoms with E-state index in [4.69, 9.17) is 0 Å². The Balaban J connectivity index is 2.10. The summed E-state index contributed by atoms with van der Waals surface area (Å²) < 4.78 is 4.23. The zero-order chi connectivity index (χ0) is 13.1. The summed E-state index contributed by atoms with van der Waals surface area (Å²) in [5, 5.41) is 11.7. The highest BCUT2D eigenvalue weighted by atomic mass is 15.3. The Kier molecular flexibility index (Phi) is 3.81. The Labute approximate surface area is 108 Å². The number of hydrogen-bond donors (Lipinski definition) is 1. The zero-order valence-corrected chi connectivity index (χ0v) is 11.5. The molecule has 2 heterocycles. The Morgan fingerprint density at radius 2 is 2.11 bits per heavy atom. The summed E-state index contributed by atoms with van der Waals surface area (Å²) in [6.45, 7) is 7.91. The minimum Gasteiger partial charge on any atom is -0.343 e. The molecule has 2 rings (SSSR count). The lowest BCUT2D eigenvalue weighted by Crippen LogP contribution is -2.23. The van der Waals surface area contributed by atoms with Crippen molar-refractivity contribution in [1.82, 2.24) is 24.6 Å². The Morgan fingerprint density at radius 3 is 2.72 bits per heavy atom. The van der Waals surface area contributed by atoms with Gasteiger partial charge in [-0.2, -0.15) is 0 Å². The summed E-state index contributed by atoms with van der Waals surface area (Å²) in [6, 6.07) is 4.70. The first-order valence-corrected chi connectivity index (χ1v) is 6.30. The third-order valence-electron chi connectivity index (χ3n) is 3.11. The van der Waals surface area contributed by atoms with Crippen molar-refractivity contribution >= 4 is 0 Å². The number of nitrogens with zero attached hydrogens (tertiary/aromatic N) is 4. The van der Waals surface area contributed by atoms with Gasteiger partial charge in [0.1, 0.15) is 5.82 Å².